The van der Waals surface area contributed by atoms with E-state index in [0.717, 1.165) is 24.2 Å². The fraction of sp³-hybridized carbons (Fsp3) is 0.471. The van der Waals surface area contributed by atoms with Crippen molar-refractivity contribution in [3.63, 3.8) is 0 Å². The average Bonchev–Trinajstić information content (AvgIpc) is 2.78. The van der Waals surface area contributed by atoms with E-state index in [9.17, 15) is 19.5 Å². The highest BCUT2D eigenvalue weighted by molar-refractivity contribution is 6.10. The molecule has 3 N–H and O–H groups in total. The predicted octanol–water partition coefficient (Wildman–Crippen LogP) is 1.83. The number of carbonyl (C=O) groups excluding carboxylic acids is 3. The third-order valence-corrected chi connectivity index (χ3v) is 4.98. The van der Waals surface area contributed by atoms with Crippen LogP contribution in [0.5, 0.6) is 5.75 Å². The highest BCUT2D eigenvalue weighted by atomic mass is 16.3. The lowest BCUT2D eigenvalue weighted by atomic mass is 9.73. The summed E-state index contributed by atoms with van der Waals surface area (Å²) in [6.07, 6.45) is 3.41. The first-order valence-corrected chi connectivity index (χ1v) is 8.16. The van der Waals surface area contributed by atoms with Gasteiger partial charge in [0.25, 0.3) is 5.91 Å². The summed E-state index contributed by atoms with van der Waals surface area (Å²) in [6, 6.07) is 5.77. The number of rotatable bonds is 3. The lowest BCUT2D eigenvalue weighted by molar-refractivity contribution is -0.136. The number of nitrogens with zero attached hydrogens (tertiary/aromatic N) is 1. The molecule has 1 aromatic carbocycles. The van der Waals surface area contributed by atoms with E-state index in [0.29, 0.717) is 6.42 Å². The largest absolute Gasteiger partial charge is 0.506 e. The molecule has 3 rings (SSSR count). The Balaban J connectivity index is 1.71. The lowest BCUT2D eigenvalue weighted by Gasteiger charge is -2.36. The molecule has 0 unspecified atom stereocenters. The van der Waals surface area contributed by atoms with Crippen molar-refractivity contribution in [1.29, 1.82) is 0 Å². The first kappa shape index (κ1) is 16.3. The van der Waals surface area contributed by atoms with Gasteiger partial charge in [-0.05, 0) is 30.9 Å². The SMILES string of the molecule is C[C@H]1CCCC[C@]12NC(=O)N(CC(=O)Nc1ccccc1O)C2=O. The molecule has 1 spiro atoms. The third kappa shape index (κ3) is 2.70. The molecule has 1 aliphatic carbocycles. The Kier molecular flexibility index (Phi) is 4.17. The summed E-state index contributed by atoms with van der Waals surface area (Å²) >= 11 is 0. The molecule has 24 heavy (non-hydrogen) atoms. The number of imide groups is 1. The van der Waals surface area contributed by atoms with Crippen molar-refractivity contribution in [2.24, 2.45) is 5.92 Å². The maximum absolute atomic E-state index is 12.8. The van der Waals surface area contributed by atoms with Crippen LogP contribution >= 0.6 is 0 Å². The molecule has 7 heteroatoms. The minimum absolute atomic E-state index is 0.0499. The normalized spacial score (nSPS) is 26.5. The molecule has 1 aromatic rings. The maximum Gasteiger partial charge on any atom is 0.325 e. The number of para-hydroxylation sites is 2. The molecular formula is C17H21N3O4. The zero-order chi connectivity index (χ0) is 17.3. The topological polar surface area (TPSA) is 98.7 Å². The van der Waals surface area contributed by atoms with Crippen molar-refractivity contribution in [2.75, 3.05) is 11.9 Å². The second kappa shape index (κ2) is 6.14. The van der Waals surface area contributed by atoms with Gasteiger partial charge in [-0.15, -0.1) is 0 Å². The molecule has 128 valence electrons. The van der Waals surface area contributed by atoms with Crippen LogP contribution in [0.2, 0.25) is 0 Å². The molecule has 0 bridgehead atoms. The van der Waals surface area contributed by atoms with E-state index in [-0.39, 0.29) is 29.8 Å². The number of phenolic OH excluding ortho intramolecular Hbond substituents is 1. The monoisotopic (exact) mass is 331 g/mol. The van der Waals surface area contributed by atoms with E-state index >= 15 is 0 Å². The first-order chi connectivity index (χ1) is 11.4. The number of anilines is 1. The van der Waals surface area contributed by atoms with Crippen LogP contribution < -0.4 is 10.6 Å². The Morgan fingerprint density at radius 1 is 1.38 bits per heavy atom. The first-order valence-electron chi connectivity index (χ1n) is 8.16. The average molecular weight is 331 g/mol. The zero-order valence-corrected chi connectivity index (χ0v) is 13.5. The molecule has 2 fully saturated rings. The van der Waals surface area contributed by atoms with E-state index in [4.69, 9.17) is 0 Å². The second-order valence-electron chi connectivity index (χ2n) is 6.50. The van der Waals surface area contributed by atoms with E-state index < -0.39 is 17.5 Å². The van der Waals surface area contributed by atoms with Gasteiger partial charge < -0.3 is 15.7 Å². The Morgan fingerprint density at radius 3 is 2.83 bits per heavy atom. The van der Waals surface area contributed by atoms with Gasteiger partial charge in [0.2, 0.25) is 5.91 Å². The molecule has 2 atom stereocenters. The van der Waals surface area contributed by atoms with Gasteiger partial charge in [0.05, 0.1) is 5.69 Å². The van der Waals surface area contributed by atoms with Crippen LogP contribution in [0.25, 0.3) is 0 Å². The summed E-state index contributed by atoms with van der Waals surface area (Å²) in [4.78, 5) is 38.1. The van der Waals surface area contributed by atoms with Crippen molar-refractivity contribution >= 4 is 23.5 Å². The molecule has 2 aliphatic rings. The smallest absolute Gasteiger partial charge is 0.325 e. The van der Waals surface area contributed by atoms with E-state index in [1.165, 1.54) is 6.07 Å². The third-order valence-electron chi connectivity index (χ3n) is 4.98. The van der Waals surface area contributed by atoms with Gasteiger partial charge in [-0.1, -0.05) is 31.9 Å². The maximum atomic E-state index is 12.8. The standard InChI is InChI=1S/C17H21N3O4/c1-11-6-4-5-9-17(11)15(23)20(16(24)19-17)10-14(22)18-12-7-2-3-8-13(12)21/h2-3,7-8,11,21H,4-6,9-10H2,1H3,(H,18,22)(H,19,24)/t11-,17-/m0/s1. The summed E-state index contributed by atoms with van der Waals surface area (Å²) in [5, 5.41) is 15.0. The number of amides is 4. The molecule has 0 aromatic heterocycles. The number of hydrogen-bond acceptors (Lipinski definition) is 4. The number of aromatic hydroxyl groups is 1. The molecule has 4 amide bonds. The highest BCUT2D eigenvalue weighted by Gasteiger charge is 2.55. The Labute approximate surface area is 140 Å². The van der Waals surface area contributed by atoms with Gasteiger partial charge in [-0.3, -0.25) is 14.5 Å². The van der Waals surface area contributed by atoms with Crippen LogP contribution in [0, 0.1) is 5.92 Å². The summed E-state index contributed by atoms with van der Waals surface area (Å²) in [6.45, 7) is 1.59. The minimum atomic E-state index is -0.871. The van der Waals surface area contributed by atoms with Crippen molar-refractivity contribution in [1.82, 2.24) is 10.2 Å². The summed E-state index contributed by atoms with van der Waals surface area (Å²) < 4.78 is 0. The highest BCUT2D eigenvalue weighted by Crippen LogP contribution is 2.38. The summed E-state index contributed by atoms with van der Waals surface area (Å²) in [5.41, 5.74) is -0.625. The Hall–Kier alpha value is -2.57. The van der Waals surface area contributed by atoms with Crippen molar-refractivity contribution in [2.45, 2.75) is 38.1 Å². The van der Waals surface area contributed by atoms with Crippen LogP contribution in [0.4, 0.5) is 10.5 Å². The Morgan fingerprint density at radius 2 is 2.12 bits per heavy atom. The summed E-state index contributed by atoms with van der Waals surface area (Å²) in [7, 11) is 0. The van der Waals surface area contributed by atoms with Gasteiger partial charge >= 0.3 is 6.03 Å². The van der Waals surface area contributed by atoms with Crippen LogP contribution in [0.15, 0.2) is 24.3 Å². The number of carbonyl (C=O) groups is 3. The predicted molar refractivity (Wildman–Crippen MR) is 87.3 cm³/mol. The van der Waals surface area contributed by atoms with Gasteiger partial charge in [0, 0.05) is 0 Å². The van der Waals surface area contributed by atoms with Crippen LogP contribution in [0.1, 0.15) is 32.6 Å². The molecule has 0 radical (unpaired) electrons. The van der Waals surface area contributed by atoms with E-state index in [2.05, 4.69) is 10.6 Å². The quantitative estimate of drug-likeness (QED) is 0.581. The van der Waals surface area contributed by atoms with Crippen molar-refractivity contribution in [3.05, 3.63) is 24.3 Å². The number of benzene rings is 1. The summed E-state index contributed by atoms with van der Waals surface area (Å²) in [5.74, 6) is -0.873. The van der Waals surface area contributed by atoms with Gasteiger partial charge in [0.15, 0.2) is 0 Å². The second-order valence-corrected chi connectivity index (χ2v) is 6.50. The van der Waals surface area contributed by atoms with Crippen molar-refractivity contribution < 1.29 is 19.5 Å². The van der Waals surface area contributed by atoms with Crippen molar-refractivity contribution in [3.8, 4) is 5.75 Å². The number of urea groups is 1. The van der Waals surface area contributed by atoms with Gasteiger partial charge in [0.1, 0.15) is 17.8 Å². The molecule has 7 nitrogen and oxygen atoms in total. The number of hydrogen-bond donors (Lipinski definition) is 3. The van der Waals surface area contributed by atoms with Gasteiger partial charge in [-0.2, -0.15) is 0 Å². The molecular weight excluding hydrogens is 310 g/mol. The fourth-order valence-corrected chi connectivity index (χ4v) is 3.55. The Bertz CT molecular complexity index is 690. The van der Waals surface area contributed by atoms with E-state index in [1.807, 2.05) is 6.92 Å². The molecule has 1 saturated heterocycles. The van der Waals surface area contributed by atoms with Crippen LogP contribution in [0.3, 0.4) is 0 Å². The molecule has 1 heterocycles. The zero-order valence-electron chi connectivity index (χ0n) is 13.5. The van der Waals surface area contributed by atoms with Gasteiger partial charge in [-0.25, -0.2) is 4.79 Å². The van der Waals surface area contributed by atoms with Crippen LogP contribution in [-0.2, 0) is 9.59 Å². The fourth-order valence-electron chi connectivity index (χ4n) is 3.55. The van der Waals surface area contributed by atoms with Crippen LogP contribution in [-0.4, -0.2) is 39.9 Å². The molecule has 1 aliphatic heterocycles. The van der Waals surface area contributed by atoms with E-state index in [1.54, 1.807) is 18.2 Å². The number of phenols is 1. The molecule has 1 saturated carbocycles. The number of nitrogens with one attached hydrogen (secondary N) is 2. The lowest BCUT2D eigenvalue weighted by Crippen LogP contribution is -2.54. The minimum Gasteiger partial charge on any atom is -0.506 e.